The molecule has 0 saturated carbocycles. The predicted octanol–water partition coefficient (Wildman–Crippen LogP) is 4.10. The van der Waals surface area contributed by atoms with Crippen molar-refractivity contribution in [1.29, 1.82) is 0 Å². The van der Waals surface area contributed by atoms with Crippen molar-refractivity contribution < 1.29 is 4.39 Å². The molecule has 3 aromatic heterocycles. The SMILES string of the molecule is Cc1nn(C)cc1CNc1nc(C)c(-c2ccn(-c3ccc(F)cc3)n2)s1. The van der Waals surface area contributed by atoms with Crippen molar-refractivity contribution in [3.8, 4) is 16.3 Å². The van der Waals surface area contributed by atoms with E-state index >= 15 is 0 Å². The molecule has 1 N–H and O–H groups in total. The molecular weight excluding hydrogens is 363 g/mol. The number of benzene rings is 1. The number of hydrogen-bond donors (Lipinski definition) is 1. The predicted molar refractivity (Wildman–Crippen MR) is 105 cm³/mol. The summed E-state index contributed by atoms with van der Waals surface area (Å²) in [6, 6.07) is 8.21. The molecular formula is C19H19FN6S. The van der Waals surface area contributed by atoms with E-state index in [0.29, 0.717) is 6.54 Å². The highest BCUT2D eigenvalue weighted by molar-refractivity contribution is 7.19. The quantitative estimate of drug-likeness (QED) is 0.565. The number of nitrogens with one attached hydrogen (secondary N) is 1. The number of thiazole rings is 1. The summed E-state index contributed by atoms with van der Waals surface area (Å²) in [5.41, 5.74) is 4.74. The molecule has 0 saturated heterocycles. The normalized spacial score (nSPS) is 11.1. The number of nitrogens with zero attached hydrogens (tertiary/aromatic N) is 5. The van der Waals surface area contributed by atoms with E-state index in [0.717, 1.165) is 38.3 Å². The van der Waals surface area contributed by atoms with Gasteiger partial charge in [-0.3, -0.25) is 4.68 Å². The van der Waals surface area contributed by atoms with Crippen LogP contribution >= 0.6 is 11.3 Å². The minimum Gasteiger partial charge on any atom is -0.357 e. The zero-order valence-corrected chi connectivity index (χ0v) is 16.1. The Morgan fingerprint density at radius 2 is 1.85 bits per heavy atom. The van der Waals surface area contributed by atoms with Gasteiger partial charge in [0.2, 0.25) is 0 Å². The Labute approximate surface area is 160 Å². The first-order valence-electron chi connectivity index (χ1n) is 8.52. The maximum atomic E-state index is 13.1. The molecule has 0 bridgehead atoms. The zero-order valence-electron chi connectivity index (χ0n) is 15.3. The third kappa shape index (κ3) is 3.61. The number of anilines is 1. The number of aromatic nitrogens is 5. The Morgan fingerprint density at radius 1 is 1.07 bits per heavy atom. The summed E-state index contributed by atoms with van der Waals surface area (Å²) < 4.78 is 16.6. The van der Waals surface area contributed by atoms with Gasteiger partial charge in [-0.1, -0.05) is 11.3 Å². The minimum absolute atomic E-state index is 0.260. The maximum Gasteiger partial charge on any atom is 0.183 e. The van der Waals surface area contributed by atoms with Crippen LogP contribution in [0.4, 0.5) is 9.52 Å². The lowest BCUT2D eigenvalue weighted by Gasteiger charge is -2.00. The van der Waals surface area contributed by atoms with Crippen LogP contribution in [-0.4, -0.2) is 24.5 Å². The van der Waals surface area contributed by atoms with E-state index in [-0.39, 0.29) is 5.82 Å². The monoisotopic (exact) mass is 382 g/mol. The van der Waals surface area contributed by atoms with E-state index in [4.69, 9.17) is 0 Å². The molecule has 4 rings (SSSR count). The minimum atomic E-state index is -0.260. The van der Waals surface area contributed by atoms with Crippen LogP contribution in [0.25, 0.3) is 16.3 Å². The average molecular weight is 382 g/mol. The molecule has 0 radical (unpaired) electrons. The second-order valence-electron chi connectivity index (χ2n) is 6.32. The Balaban J connectivity index is 1.53. The van der Waals surface area contributed by atoms with Gasteiger partial charge in [-0.15, -0.1) is 0 Å². The second kappa shape index (κ2) is 6.96. The van der Waals surface area contributed by atoms with Gasteiger partial charge in [0.25, 0.3) is 0 Å². The molecule has 0 spiro atoms. The van der Waals surface area contributed by atoms with Crippen LogP contribution in [0.15, 0.2) is 42.7 Å². The van der Waals surface area contributed by atoms with Crippen LogP contribution in [0.1, 0.15) is 17.0 Å². The molecule has 0 fully saturated rings. The zero-order chi connectivity index (χ0) is 19.0. The van der Waals surface area contributed by atoms with Crippen molar-refractivity contribution in [1.82, 2.24) is 24.5 Å². The van der Waals surface area contributed by atoms with Gasteiger partial charge < -0.3 is 5.32 Å². The highest BCUT2D eigenvalue weighted by Crippen LogP contribution is 2.32. The third-order valence-electron chi connectivity index (χ3n) is 4.25. The van der Waals surface area contributed by atoms with Gasteiger partial charge in [-0.2, -0.15) is 10.2 Å². The molecule has 0 aliphatic rings. The van der Waals surface area contributed by atoms with E-state index in [1.54, 1.807) is 28.2 Å². The lowest BCUT2D eigenvalue weighted by molar-refractivity contribution is 0.627. The van der Waals surface area contributed by atoms with Crippen molar-refractivity contribution in [2.24, 2.45) is 7.05 Å². The van der Waals surface area contributed by atoms with Gasteiger partial charge in [0.05, 0.1) is 22.0 Å². The smallest absolute Gasteiger partial charge is 0.183 e. The lowest BCUT2D eigenvalue weighted by Crippen LogP contribution is -1.99. The highest BCUT2D eigenvalue weighted by Gasteiger charge is 2.13. The maximum absolute atomic E-state index is 13.1. The Hall–Kier alpha value is -3.00. The summed E-state index contributed by atoms with van der Waals surface area (Å²) in [7, 11) is 1.92. The molecule has 8 heteroatoms. The summed E-state index contributed by atoms with van der Waals surface area (Å²) in [6.45, 7) is 4.65. The van der Waals surface area contributed by atoms with Gasteiger partial charge in [0.15, 0.2) is 5.13 Å². The van der Waals surface area contributed by atoms with Gasteiger partial charge in [0.1, 0.15) is 11.5 Å². The van der Waals surface area contributed by atoms with Gasteiger partial charge in [-0.05, 0) is 44.2 Å². The van der Waals surface area contributed by atoms with Crippen molar-refractivity contribution in [2.75, 3.05) is 5.32 Å². The third-order valence-corrected chi connectivity index (χ3v) is 5.39. The number of aryl methyl sites for hydroxylation is 3. The fraction of sp³-hybridized carbons (Fsp3) is 0.211. The van der Waals surface area contributed by atoms with Crippen molar-refractivity contribution in [3.63, 3.8) is 0 Å². The van der Waals surface area contributed by atoms with Crippen LogP contribution in [0.5, 0.6) is 0 Å². The molecule has 0 unspecified atom stereocenters. The molecule has 4 aromatic rings. The van der Waals surface area contributed by atoms with E-state index in [9.17, 15) is 4.39 Å². The summed E-state index contributed by atoms with van der Waals surface area (Å²) in [4.78, 5) is 5.63. The van der Waals surface area contributed by atoms with Gasteiger partial charge in [-0.25, -0.2) is 14.1 Å². The Kier molecular flexibility index (Phi) is 4.49. The van der Waals surface area contributed by atoms with Crippen molar-refractivity contribution >= 4 is 16.5 Å². The molecule has 1 aromatic carbocycles. The largest absolute Gasteiger partial charge is 0.357 e. The first kappa shape index (κ1) is 17.4. The molecule has 0 atom stereocenters. The highest BCUT2D eigenvalue weighted by atomic mass is 32.1. The molecule has 3 heterocycles. The average Bonchev–Trinajstić information content (AvgIpc) is 3.33. The van der Waals surface area contributed by atoms with E-state index < -0.39 is 0 Å². The summed E-state index contributed by atoms with van der Waals surface area (Å²) in [6.07, 6.45) is 3.88. The number of halogens is 1. The molecule has 27 heavy (non-hydrogen) atoms. The fourth-order valence-electron chi connectivity index (χ4n) is 2.89. The van der Waals surface area contributed by atoms with Crippen LogP contribution in [0.2, 0.25) is 0 Å². The van der Waals surface area contributed by atoms with E-state index in [1.165, 1.54) is 12.1 Å². The second-order valence-corrected chi connectivity index (χ2v) is 7.32. The van der Waals surface area contributed by atoms with Crippen LogP contribution in [-0.2, 0) is 13.6 Å². The molecule has 6 nitrogen and oxygen atoms in total. The van der Waals surface area contributed by atoms with Crippen LogP contribution < -0.4 is 5.32 Å². The first-order valence-corrected chi connectivity index (χ1v) is 9.33. The van der Waals surface area contributed by atoms with Crippen molar-refractivity contribution in [3.05, 3.63) is 65.5 Å². The lowest BCUT2D eigenvalue weighted by atomic mass is 10.3. The fourth-order valence-corrected chi connectivity index (χ4v) is 3.81. The standard InChI is InChI=1S/C19H19FN6S/c1-12-14(11-25(3)23-12)10-21-19-22-13(2)18(27-19)17-8-9-26(24-17)16-6-4-15(20)5-7-16/h4-9,11H,10H2,1-3H3,(H,21,22). The first-order chi connectivity index (χ1) is 13.0. The van der Waals surface area contributed by atoms with E-state index in [1.807, 2.05) is 44.0 Å². The van der Waals surface area contributed by atoms with Gasteiger partial charge >= 0.3 is 0 Å². The topological polar surface area (TPSA) is 60.6 Å². The summed E-state index contributed by atoms with van der Waals surface area (Å²) >= 11 is 1.57. The Morgan fingerprint density at radius 3 is 2.56 bits per heavy atom. The molecule has 0 aliphatic heterocycles. The molecule has 138 valence electrons. The molecule has 0 amide bonds. The molecule has 0 aliphatic carbocycles. The van der Waals surface area contributed by atoms with E-state index in [2.05, 4.69) is 20.5 Å². The van der Waals surface area contributed by atoms with Crippen molar-refractivity contribution in [2.45, 2.75) is 20.4 Å². The summed E-state index contributed by atoms with van der Waals surface area (Å²) in [5, 5.41) is 13.2. The number of hydrogen-bond acceptors (Lipinski definition) is 5. The van der Waals surface area contributed by atoms with Crippen LogP contribution in [0, 0.1) is 19.7 Å². The van der Waals surface area contributed by atoms with Gasteiger partial charge in [0, 0.05) is 31.5 Å². The summed E-state index contributed by atoms with van der Waals surface area (Å²) in [5.74, 6) is -0.260. The number of rotatable bonds is 5. The van der Waals surface area contributed by atoms with Crippen LogP contribution in [0.3, 0.4) is 0 Å². The Bertz CT molecular complexity index is 1080.